The number of unbranched alkanes of at least 4 members (excludes halogenated alkanes) is 15. The van der Waals surface area contributed by atoms with E-state index in [0.717, 1.165) is 12.8 Å². The van der Waals surface area contributed by atoms with E-state index in [1.165, 1.54) is 89.9 Å². The summed E-state index contributed by atoms with van der Waals surface area (Å²) >= 11 is 0. The summed E-state index contributed by atoms with van der Waals surface area (Å²) in [5.41, 5.74) is 0. The van der Waals surface area contributed by atoms with Gasteiger partial charge >= 0.3 is 7.82 Å². The molecule has 0 fully saturated rings. The molecule has 0 aliphatic rings. The van der Waals surface area contributed by atoms with Crippen LogP contribution in [0.2, 0.25) is 0 Å². The van der Waals surface area contributed by atoms with Crippen molar-refractivity contribution in [2.75, 3.05) is 19.8 Å². The van der Waals surface area contributed by atoms with Crippen molar-refractivity contribution >= 4 is 7.82 Å². The van der Waals surface area contributed by atoms with Crippen molar-refractivity contribution in [2.24, 2.45) is 0 Å². The van der Waals surface area contributed by atoms with Crippen LogP contribution in [0.15, 0.2) is 0 Å². The predicted molar refractivity (Wildman–Crippen MR) is 119 cm³/mol. The molecule has 2 N–H and O–H groups in total. The zero-order valence-electron chi connectivity index (χ0n) is 19.0. The Morgan fingerprint density at radius 3 is 1.48 bits per heavy atom. The van der Waals surface area contributed by atoms with Crippen LogP contribution in [-0.4, -0.2) is 35.9 Å². The van der Waals surface area contributed by atoms with Crippen LogP contribution in [0.4, 0.5) is 0 Å². The second-order valence-electron chi connectivity index (χ2n) is 7.86. The Bertz CT molecular complexity index is 374. The molecule has 0 spiro atoms. The number of ether oxygens (including phenoxy) is 2. The maximum absolute atomic E-state index is 10.8. The molecular weight excluding hydrogens is 391 g/mol. The topological polar surface area (TPSA) is 85.2 Å². The van der Waals surface area contributed by atoms with Crippen LogP contribution in [0.3, 0.4) is 0 Å². The van der Waals surface area contributed by atoms with Gasteiger partial charge in [-0.1, -0.05) is 103 Å². The monoisotopic (exact) mass is 438 g/mol. The second kappa shape index (κ2) is 21.3. The SMILES string of the molecule is CCCCCCCCCCCCCCCCCCOCC(OCC)OP(=O)(O)O. The van der Waals surface area contributed by atoms with Gasteiger partial charge in [-0.25, -0.2) is 4.57 Å². The van der Waals surface area contributed by atoms with E-state index in [1.54, 1.807) is 6.92 Å². The second-order valence-corrected chi connectivity index (χ2v) is 9.05. The summed E-state index contributed by atoms with van der Waals surface area (Å²) < 4.78 is 25.9. The molecule has 0 aliphatic carbocycles. The van der Waals surface area contributed by atoms with Gasteiger partial charge in [-0.15, -0.1) is 0 Å². The summed E-state index contributed by atoms with van der Waals surface area (Å²) in [6.07, 6.45) is 20.2. The van der Waals surface area contributed by atoms with Crippen LogP contribution >= 0.6 is 7.82 Å². The first-order chi connectivity index (χ1) is 14.0. The van der Waals surface area contributed by atoms with Gasteiger partial charge in [-0.3, -0.25) is 4.52 Å². The van der Waals surface area contributed by atoms with Crippen molar-refractivity contribution in [3.8, 4) is 0 Å². The lowest BCUT2D eigenvalue weighted by molar-refractivity contribution is -0.127. The van der Waals surface area contributed by atoms with Crippen molar-refractivity contribution in [1.82, 2.24) is 0 Å². The number of phosphoric acid groups is 1. The molecule has 0 aliphatic heterocycles. The Hall–Kier alpha value is 0.0300. The molecule has 0 bridgehead atoms. The van der Waals surface area contributed by atoms with Crippen LogP contribution in [-0.2, 0) is 18.6 Å². The fourth-order valence-corrected chi connectivity index (χ4v) is 3.81. The zero-order valence-corrected chi connectivity index (χ0v) is 19.9. The van der Waals surface area contributed by atoms with Crippen molar-refractivity contribution in [2.45, 2.75) is 123 Å². The summed E-state index contributed by atoms with van der Waals surface area (Å²) in [4.78, 5) is 17.6. The molecule has 29 heavy (non-hydrogen) atoms. The summed E-state index contributed by atoms with van der Waals surface area (Å²) in [5, 5.41) is 0. The zero-order chi connectivity index (χ0) is 21.6. The molecule has 0 rings (SSSR count). The molecule has 0 amide bonds. The molecule has 0 aromatic carbocycles. The highest BCUT2D eigenvalue weighted by Gasteiger charge is 2.22. The highest BCUT2D eigenvalue weighted by atomic mass is 31.2. The quantitative estimate of drug-likeness (QED) is 0.104. The third-order valence-electron chi connectivity index (χ3n) is 5.00. The fraction of sp³-hybridized carbons (Fsp3) is 1.00. The molecule has 6 nitrogen and oxygen atoms in total. The highest BCUT2D eigenvalue weighted by molar-refractivity contribution is 7.46. The van der Waals surface area contributed by atoms with Crippen LogP contribution in [0, 0.1) is 0 Å². The molecule has 176 valence electrons. The van der Waals surface area contributed by atoms with Crippen molar-refractivity contribution in [3.05, 3.63) is 0 Å². The summed E-state index contributed by atoms with van der Waals surface area (Å²) in [6, 6.07) is 0. The Morgan fingerprint density at radius 2 is 1.10 bits per heavy atom. The standard InChI is InChI=1S/C22H47O6P/c1-3-5-6-7-8-9-10-11-12-13-14-15-16-17-18-19-20-26-21-22(27-4-2)28-29(23,24)25/h22H,3-21H2,1-2H3,(H2,23,24,25). The first kappa shape index (κ1) is 29.0. The molecule has 0 saturated carbocycles. The largest absolute Gasteiger partial charge is 0.472 e. The first-order valence-electron chi connectivity index (χ1n) is 11.9. The van der Waals surface area contributed by atoms with Gasteiger partial charge in [0.15, 0.2) is 6.29 Å². The van der Waals surface area contributed by atoms with E-state index in [2.05, 4.69) is 11.4 Å². The Kier molecular flexibility index (Phi) is 21.3. The number of hydrogen-bond acceptors (Lipinski definition) is 4. The lowest BCUT2D eigenvalue weighted by Crippen LogP contribution is -2.22. The first-order valence-corrected chi connectivity index (χ1v) is 13.5. The minimum atomic E-state index is -4.55. The van der Waals surface area contributed by atoms with E-state index < -0.39 is 14.1 Å². The average molecular weight is 439 g/mol. The van der Waals surface area contributed by atoms with Crippen LogP contribution in [0.25, 0.3) is 0 Å². The molecule has 0 heterocycles. The van der Waals surface area contributed by atoms with E-state index in [9.17, 15) is 4.57 Å². The third-order valence-corrected chi connectivity index (χ3v) is 5.51. The van der Waals surface area contributed by atoms with Crippen molar-refractivity contribution in [1.29, 1.82) is 0 Å². The van der Waals surface area contributed by atoms with Gasteiger partial charge in [-0.05, 0) is 13.3 Å². The molecule has 0 aromatic heterocycles. The van der Waals surface area contributed by atoms with E-state index in [4.69, 9.17) is 19.3 Å². The van der Waals surface area contributed by atoms with Crippen molar-refractivity contribution in [3.63, 3.8) is 0 Å². The van der Waals surface area contributed by atoms with Gasteiger partial charge in [0.1, 0.15) is 0 Å². The molecular formula is C22H47O6P. The molecule has 0 aromatic rings. The third kappa shape index (κ3) is 24.2. The number of hydrogen-bond donors (Lipinski definition) is 2. The molecule has 0 saturated heterocycles. The van der Waals surface area contributed by atoms with E-state index in [0.29, 0.717) is 13.2 Å². The van der Waals surface area contributed by atoms with E-state index in [1.807, 2.05) is 0 Å². The van der Waals surface area contributed by atoms with Gasteiger partial charge in [0.2, 0.25) is 0 Å². The fourth-order valence-electron chi connectivity index (χ4n) is 3.38. The van der Waals surface area contributed by atoms with Crippen LogP contribution in [0.1, 0.15) is 117 Å². The normalized spacial score (nSPS) is 13.1. The van der Waals surface area contributed by atoms with Gasteiger partial charge in [0, 0.05) is 13.2 Å². The van der Waals surface area contributed by atoms with Crippen LogP contribution < -0.4 is 0 Å². The van der Waals surface area contributed by atoms with Crippen molar-refractivity contribution < 1.29 is 28.3 Å². The van der Waals surface area contributed by atoms with E-state index >= 15 is 0 Å². The minimum Gasteiger partial charge on any atom is -0.376 e. The summed E-state index contributed by atoms with van der Waals surface area (Å²) in [5.74, 6) is 0. The highest BCUT2D eigenvalue weighted by Crippen LogP contribution is 2.37. The molecule has 1 atom stereocenters. The Balaban J connectivity index is 3.28. The maximum atomic E-state index is 10.8. The number of rotatable bonds is 23. The molecule has 1 unspecified atom stereocenters. The lowest BCUT2D eigenvalue weighted by atomic mass is 10.0. The maximum Gasteiger partial charge on any atom is 0.472 e. The average Bonchev–Trinajstić information content (AvgIpc) is 2.66. The van der Waals surface area contributed by atoms with Gasteiger partial charge < -0.3 is 19.3 Å². The Morgan fingerprint density at radius 1 is 0.690 bits per heavy atom. The van der Waals surface area contributed by atoms with E-state index in [-0.39, 0.29) is 6.61 Å². The lowest BCUT2D eigenvalue weighted by Gasteiger charge is -2.17. The van der Waals surface area contributed by atoms with Crippen LogP contribution in [0.5, 0.6) is 0 Å². The molecule has 0 radical (unpaired) electrons. The van der Waals surface area contributed by atoms with Gasteiger partial charge in [0.05, 0.1) is 6.61 Å². The van der Waals surface area contributed by atoms with Gasteiger partial charge in [0.25, 0.3) is 0 Å². The molecule has 7 heteroatoms. The predicted octanol–water partition coefficient (Wildman–Crippen LogP) is 6.74. The summed E-state index contributed by atoms with van der Waals surface area (Å²) in [6.45, 7) is 4.92. The summed E-state index contributed by atoms with van der Waals surface area (Å²) in [7, 11) is -4.55. The van der Waals surface area contributed by atoms with Gasteiger partial charge in [-0.2, -0.15) is 0 Å². The smallest absolute Gasteiger partial charge is 0.376 e. The Labute approximate surface area is 179 Å². The number of phosphoric ester groups is 1. The minimum absolute atomic E-state index is 0.0394.